The van der Waals surface area contributed by atoms with Crippen molar-refractivity contribution in [2.45, 2.75) is 39.2 Å². The smallest absolute Gasteiger partial charge is 0.314 e. The van der Waals surface area contributed by atoms with Crippen LogP contribution >= 0.6 is 0 Å². The predicted octanol–water partition coefficient (Wildman–Crippen LogP) is 0.909. The Labute approximate surface area is 105 Å². The van der Waals surface area contributed by atoms with Crippen LogP contribution in [0.1, 0.15) is 38.8 Å². The van der Waals surface area contributed by atoms with Crippen LogP contribution in [0.3, 0.4) is 0 Å². The molecule has 2 atom stereocenters. The molecular weight excluding hydrogens is 230 g/mol. The van der Waals surface area contributed by atoms with Crippen molar-refractivity contribution in [2.75, 3.05) is 6.54 Å². The summed E-state index contributed by atoms with van der Waals surface area (Å²) in [6, 6.07) is 4.09. The lowest BCUT2D eigenvalue weighted by molar-refractivity contribution is 0.448. The van der Waals surface area contributed by atoms with Gasteiger partial charge in [-0.25, -0.2) is 9.89 Å². The second kappa shape index (κ2) is 5.30. The normalized spacial score (nSPS) is 14.8. The number of fused-ring (bicyclic) bond motifs is 1. The third kappa shape index (κ3) is 2.28. The molecule has 0 saturated carbocycles. The van der Waals surface area contributed by atoms with Crippen LogP contribution in [0.25, 0.3) is 5.65 Å². The lowest BCUT2D eigenvalue weighted by Gasteiger charge is -2.22. The highest BCUT2D eigenvalue weighted by molar-refractivity contribution is 5.35. The number of hydrogen-bond donors (Lipinski definition) is 2. The summed E-state index contributed by atoms with van der Waals surface area (Å²) in [5.74, 6) is 0.288. The van der Waals surface area contributed by atoms with Crippen molar-refractivity contribution < 1.29 is 0 Å². The fourth-order valence-corrected chi connectivity index (χ4v) is 2.30. The Bertz CT molecular complexity index is 573. The minimum Gasteiger partial charge on any atom is -0.314 e. The zero-order chi connectivity index (χ0) is 13.1. The molecule has 0 aliphatic heterocycles. The van der Waals surface area contributed by atoms with Crippen molar-refractivity contribution in [3.05, 3.63) is 28.3 Å². The van der Waals surface area contributed by atoms with E-state index in [0.29, 0.717) is 11.7 Å². The minimum absolute atomic E-state index is 0.288. The van der Waals surface area contributed by atoms with Crippen LogP contribution in [0.2, 0.25) is 0 Å². The van der Waals surface area contributed by atoms with E-state index in [1.54, 1.807) is 0 Å². The molecule has 2 rings (SSSR count). The van der Waals surface area contributed by atoms with Gasteiger partial charge in [-0.3, -0.25) is 0 Å². The van der Waals surface area contributed by atoms with E-state index in [1.807, 2.05) is 12.1 Å². The van der Waals surface area contributed by atoms with Gasteiger partial charge in [0, 0.05) is 12.0 Å². The molecule has 2 heterocycles. The SMILES string of the molecule is CCNC(C)C(CC)c1ccc2n[nH]c(=O)n2n1. The summed E-state index contributed by atoms with van der Waals surface area (Å²) in [5.41, 5.74) is 1.18. The Balaban J connectivity index is 2.38. The molecule has 0 aliphatic carbocycles. The maximum Gasteiger partial charge on any atom is 0.364 e. The molecular formula is C12H19N5O. The van der Waals surface area contributed by atoms with Crippen LogP contribution in [0.5, 0.6) is 0 Å². The number of aromatic nitrogens is 4. The lowest BCUT2D eigenvalue weighted by atomic mass is 9.94. The third-order valence-corrected chi connectivity index (χ3v) is 3.24. The molecule has 6 nitrogen and oxygen atoms in total. The first-order chi connectivity index (χ1) is 8.67. The van der Waals surface area contributed by atoms with Crippen LogP contribution in [0.15, 0.2) is 16.9 Å². The Hall–Kier alpha value is -1.69. The molecule has 0 radical (unpaired) electrons. The van der Waals surface area contributed by atoms with Crippen molar-refractivity contribution >= 4 is 5.65 Å². The molecule has 2 aromatic heterocycles. The molecule has 0 aliphatic rings. The fourth-order valence-electron chi connectivity index (χ4n) is 2.30. The second-order valence-electron chi connectivity index (χ2n) is 4.42. The predicted molar refractivity (Wildman–Crippen MR) is 69.8 cm³/mol. The molecule has 0 saturated heterocycles. The molecule has 2 aromatic rings. The van der Waals surface area contributed by atoms with Gasteiger partial charge in [0.1, 0.15) is 0 Å². The van der Waals surface area contributed by atoms with Crippen molar-refractivity contribution in [2.24, 2.45) is 0 Å². The molecule has 0 amide bonds. The molecule has 0 bridgehead atoms. The maximum absolute atomic E-state index is 11.5. The summed E-state index contributed by atoms with van der Waals surface area (Å²) < 4.78 is 1.32. The number of aromatic amines is 1. The number of likely N-dealkylation sites (N-methyl/N-ethyl adjacent to an activating group) is 1. The van der Waals surface area contributed by atoms with Gasteiger partial charge in [0.05, 0.1) is 5.69 Å². The summed E-state index contributed by atoms with van der Waals surface area (Å²) in [4.78, 5) is 11.5. The minimum atomic E-state index is -0.294. The average Bonchev–Trinajstić information content (AvgIpc) is 2.72. The van der Waals surface area contributed by atoms with Gasteiger partial charge in [-0.05, 0) is 32.0 Å². The van der Waals surface area contributed by atoms with Crippen molar-refractivity contribution in [3.8, 4) is 0 Å². The fraction of sp³-hybridized carbons (Fsp3) is 0.583. The topological polar surface area (TPSA) is 75.1 Å². The first-order valence-electron chi connectivity index (χ1n) is 6.35. The van der Waals surface area contributed by atoms with Gasteiger partial charge in [-0.1, -0.05) is 13.8 Å². The van der Waals surface area contributed by atoms with Crippen molar-refractivity contribution in [1.29, 1.82) is 0 Å². The Morgan fingerprint density at radius 2 is 2.22 bits per heavy atom. The van der Waals surface area contributed by atoms with Crippen LogP contribution in [-0.2, 0) is 0 Å². The van der Waals surface area contributed by atoms with E-state index < -0.39 is 0 Å². The number of hydrogen-bond acceptors (Lipinski definition) is 4. The zero-order valence-electron chi connectivity index (χ0n) is 11.0. The first-order valence-corrected chi connectivity index (χ1v) is 6.35. The van der Waals surface area contributed by atoms with E-state index in [1.165, 1.54) is 4.52 Å². The lowest BCUT2D eigenvalue weighted by Crippen LogP contribution is -2.32. The zero-order valence-corrected chi connectivity index (χ0v) is 11.0. The highest BCUT2D eigenvalue weighted by atomic mass is 16.2. The molecule has 18 heavy (non-hydrogen) atoms. The highest BCUT2D eigenvalue weighted by Gasteiger charge is 2.19. The van der Waals surface area contributed by atoms with Gasteiger partial charge in [0.15, 0.2) is 5.65 Å². The van der Waals surface area contributed by atoms with Crippen LogP contribution in [0.4, 0.5) is 0 Å². The average molecular weight is 249 g/mol. The summed E-state index contributed by atoms with van der Waals surface area (Å²) in [6.07, 6.45) is 0.972. The van der Waals surface area contributed by atoms with Gasteiger partial charge in [-0.2, -0.15) is 14.7 Å². The standard InChI is InChI=1S/C12H19N5O/c1-4-9(8(3)13-5-2)10-6-7-11-14-15-12(18)17(11)16-10/h6-9,13H,4-5H2,1-3H3,(H,15,18). The van der Waals surface area contributed by atoms with E-state index in [2.05, 4.69) is 41.4 Å². The number of rotatable bonds is 5. The number of nitrogens with zero attached hydrogens (tertiary/aromatic N) is 3. The van der Waals surface area contributed by atoms with Gasteiger partial charge >= 0.3 is 5.69 Å². The summed E-state index contributed by atoms with van der Waals surface area (Å²) in [6.45, 7) is 7.27. The van der Waals surface area contributed by atoms with Crippen LogP contribution in [-0.4, -0.2) is 32.4 Å². The monoisotopic (exact) mass is 249 g/mol. The Kier molecular flexibility index (Phi) is 3.76. The highest BCUT2D eigenvalue weighted by Crippen LogP contribution is 2.21. The Morgan fingerprint density at radius 3 is 2.89 bits per heavy atom. The number of nitrogens with one attached hydrogen (secondary N) is 2. The number of H-pyrrole nitrogens is 1. The summed E-state index contributed by atoms with van der Waals surface area (Å²) in [5, 5.41) is 14.0. The van der Waals surface area contributed by atoms with Gasteiger partial charge in [0.2, 0.25) is 0 Å². The quantitative estimate of drug-likeness (QED) is 0.826. The van der Waals surface area contributed by atoms with E-state index in [0.717, 1.165) is 18.7 Å². The van der Waals surface area contributed by atoms with Crippen LogP contribution < -0.4 is 11.0 Å². The van der Waals surface area contributed by atoms with Crippen molar-refractivity contribution in [1.82, 2.24) is 25.1 Å². The molecule has 0 aromatic carbocycles. The van der Waals surface area contributed by atoms with Gasteiger partial charge in [0.25, 0.3) is 0 Å². The third-order valence-electron chi connectivity index (χ3n) is 3.24. The molecule has 2 unspecified atom stereocenters. The molecule has 0 spiro atoms. The second-order valence-corrected chi connectivity index (χ2v) is 4.42. The summed E-state index contributed by atoms with van der Waals surface area (Å²) >= 11 is 0. The molecule has 2 N–H and O–H groups in total. The van der Waals surface area contributed by atoms with Crippen molar-refractivity contribution in [3.63, 3.8) is 0 Å². The van der Waals surface area contributed by atoms with Gasteiger partial charge < -0.3 is 5.32 Å². The van der Waals surface area contributed by atoms with Crippen LogP contribution in [0, 0.1) is 0 Å². The maximum atomic E-state index is 11.5. The molecule has 98 valence electrons. The van der Waals surface area contributed by atoms with E-state index in [9.17, 15) is 4.79 Å². The van der Waals surface area contributed by atoms with E-state index in [-0.39, 0.29) is 11.6 Å². The van der Waals surface area contributed by atoms with E-state index in [4.69, 9.17) is 0 Å². The summed E-state index contributed by atoms with van der Waals surface area (Å²) in [7, 11) is 0. The van der Waals surface area contributed by atoms with Gasteiger partial charge in [-0.15, -0.1) is 0 Å². The van der Waals surface area contributed by atoms with E-state index >= 15 is 0 Å². The first kappa shape index (κ1) is 12.8. The Morgan fingerprint density at radius 1 is 1.44 bits per heavy atom. The largest absolute Gasteiger partial charge is 0.364 e. The molecule has 0 fully saturated rings. The molecule has 6 heteroatoms.